The number of hydrogen-bond donors (Lipinski definition) is 1. The molecule has 1 N–H and O–H groups in total. The number of methoxy groups -OCH3 is 1. The van der Waals surface area contributed by atoms with Gasteiger partial charge in [-0.05, 0) is 30.2 Å². The van der Waals surface area contributed by atoms with Crippen LogP contribution in [0.2, 0.25) is 0 Å². The summed E-state index contributed by atoms with van der Waals surface area (Å²) in [4.78, 5) is 11.4. The summed E-state index contributed by atoms with van der Waals surface area (Å²) in [6.07, 6.45) is 1.86. The van der Waals surface area contributed by atoms with Gasteiger partial charge in [0.1, 0.15) is 0 Å². The highest BCUT2D eigenvalue weighted by atomic mass is 32.2. The van der Waals surface area contributed by atoms with Crippen LogP contribution in [0.4, 0.5) is 0 Å². The monoisotopic (exact) mass is 299 g/mol. The van der Waals surface area contributed by atoms with E-state index in [1.165, 1.54) is 31.4 Å². The summed E-state index contributed by atoms with van der Waals surface area (Å²) in [6, 6.07) is 5.69. The van der Waals surface area contributed by atoms with Gasteiger partial charge in [0, 0.05) is 6.54 Å². The van der Waals surface area contributed by atoms with Crippen LogP contribution >= 0.6 is 0 Å². The standard InChI is InChI=1S/C14H21NO4S/c1-4-11(5-2)10-15-20(17,18)13-8-6-12(7-9-13)14(16)19-3/h6-9,11,15H,4-5,10H2,1-3H3. The Bertz CT molecular complexity index is 533. The van der Waals surface area contributed by atoms with Gasteiger partial charge in [-0.3, -0.25) is 0 Å². The summed E-state index contributed by atoms with van der Waals surface area (Å²) < 4.78 is 31.3. The van der Waals surface area contributed by atoms with Gasteiger partial charge in [0.05, 0.1) is 17.6 Å². The number of rotatable bonds is 7. The van der Waals surface area contributed by atoms with E-state index >= 15 is 0 Å². The predicted molar refractivity (Wildman–Crippen MR) is 77.0 cm³/mol. The Morgan fingerprint density at radius 1 is 1.20 bits per heavy atom. The fourth-order valence-electron chi connectivity index (χ4n) is 1.78. The van der Waals surface area contributed by atoms with Crippen LogP contribution in [0.15, 0.2) is 29.2 Å². The van der Waals surface area contributed by atoms with Gasteiger partial charge in [0.15, 0.2) is 0 Å². The van der Waals surface area contributed by atoms with E-state index in [9.17, 15) is 13.2 Å². The van der Waals surface area contributed by atoms with Gasteiger partial charge in [-0.1, -0.05) is 26.7 Å². The highest BCUT2D eigenvalue weighted by Crippen LogP contribution is 2.13. The van der Waals surface area contributed by atoms with E-state index in [2.05, 4.69) is 9.46 Å². The molecule has 1 aromatic rings. The Morgan fingerprint density at radius 2 is 1.75 bits per heavy atom. The van der Waals surface area contributed by atoms with Gasteiger partial charge in [-0.15, -0.1) is 0 Å². The SMILES string of the molecule is CCC(CC)CNS(=O)(=O)c1ccc(C(=O)OC)cc1. The van der Waals surface area contributed by atoms with Crippen molar-refractivity contribution in [1.29, 1.82) is 0 Å². The summed E-state index contributed by atoms with van der Waals surface area (Å²) >= 11 is 0. The normalized spacial score (nSPS) is 11.6. The molecule has 0 unspecified atom stereocenters. The second kappa shape index (κ2) is 7.40. The third-order valence-electron chi connectivity index (χ3n) is 3.30. The molecule has 0 aliphatic rings. The molecule has 5 nitrogen and oxygen atoms in total. The van der Waals surface area contributed by atoms with Gasteiger partial charge in [0.2, 0.25) is 10.0 Å². The second-order valence-electron chi connectivity index (χ2n) is 4.55. The van der Waals surface area contributed by atoms with Crippen molar-refractivity contribution >= 4 is 16.0 Å². The van der Waals surface area contributed by atoms with E-state index in [1.54, 1.807) is 0 Å². The summed E-state index contributed by atoms with van der Waals surface area (Å²) in [7, 11) is -2.24. The van der Waals surface area contributed by atoms with Crippen molar-refractivity contribution in [2.75, 3.05) is 13.7 Å². The molecule has 0 radical (unpaired) electrons. The van der Waals surface area contributed by atoms with Gasteiger partial charge in [0.25, 0.3) is 0 Å². The average Bonchev–Trinajstić information content (AvgIpc) is 2.47. The zero-order valence-electron chi connectivity index (χ0n) is 12.0. The van der Waals surface area contributed by atoms with E-state index < -0.39 is 16.0 Å². The molecular formula is C14H21NO4S. The molecule has 0 amide bonds. The molecule has 112 valence electrons. The van der Waals surface area contributed by atoms with Crippen LogP contribution in [0.3, 0.4) is 0 Å². The maximum Gasteiger partial charge on any atom is 0.337 e. The summed E-state index contributed by atoms with van der Waals surface area (Å²) in [5.74, 6) is -0.155. The quantitative estimate of drug-likeness (QED) is 0.783. The van der Waals surface area contributed by atoms with Crippen LogP contribution < -0.4 is 4.72 Å². The van der Waals surface area contributed by atoms with E-state index in [0.29, 0.717) is 18.0 Å². The molecule has 0 saturated heterocycles. The van der Waals surface area contributed by atoms with Crippen LogP contribution in [0.1, 0.15) is 37.0 Å². The molecule has 0 bridgehead atoms. The third kappa shape index (κ3) is 4.31. The number of carbonyl (C=O) groups excluding carboxylic acids is 1. The molecule has 0 spiro atoms. The third-order valence-corrected chi connectivity index (χ3v) is 4.74. The molecule has 20 heavy (non-hydrogen) atoms. The molecule has 0 fully saturated rings. The topological polar surface area (TPSA) is 72.5 Å². The minimum Gasteiger partial charge on any atom is -0.465 e. The fourth-order valence-corrected chi connectivity index (χ4v) is 2.89. The number of benzene rings is 1. The Kier molecular flexibility index (Phi) is 6.16. The first-order chi connectivity index (χ1) is 9.44. The lowest BCUT2D eigenvalue weighted by Gasteiger charge is -2.13. The first kappa shape index (κ1) is 16.7. The highest BCUT2D eigenvalue weighted by Gasteiger charge is 2.16. The Morgan fingerprint density at radius 3 is 2.20 bits per heavy atom. The van der Waals surface area contributed by atoms with E-state index in [4.69, 9.17) is 0 Å². The minimum absolute atomic E-state index is 0.149. The Balaban J connectivity index is 2.80. The van der Waals surface area contributed by atoms with Gasteiger partial charge in [-0.25, -0.2) is 17.9 Å². The Hall–Kier alpha value is -1.40. The van der Waals surface area contributed by atoms with Crippen molar-refractivity contribution in [2.45, 2.75) is 31.6 Å². The predicted octanol–water partition coefficient (Wildman–Crippen LogP) is 2.19. The van der Waals surface area contributed by atoms with Crippen LogP contribution in [0, 0.1) is 5.92 Å². The molecule has 0 heterocycles. The van der Waals surface area contributed by atoms with E-state index in [1.807, 2.05) is 13.8 Å². The maximum atomic E-state index is 12.1. The first-order valence-electron chi connectivity index (χ1n) is 6.62. The number of carbonyl (C=O) groups is 1. The number of esters is 1. The molecule has 0 saturated carbocycles. The summed E-state index contributed by atoms with van der Waals surface area (Å²) in [6.45, 7) is 4.50. The Labute approximate surface area is 120 Å². The van der Waals surface area contributed by atoms with Gasteiger partial charge < -0.3 is 4.74 Å². The molecule has 0 aliphatic carbocycles. The summed E-state index contributed by atoms with van der Waals surface area (Å²) in [5, 5.41) is 0. The lowest BCUT2D eigenvalue weighted by Crippen LogP contribution is -2.29. The largest absolute Gasteiger partial charge is 0.465 e. The number of ether oxygens (including phenoxy) is 1. The van der Waals surface area contributed by atoms with E-state index in [0.717, 1.165) is 12.8 Å². The molecule has 1 rings (SSSR count). The van der Waals surface area contributed by atoms with Crippen molar-refractivity contribution in [3.05, 3.63) is 29.8 Å². The van der Waals surface area contributed by atoms with Crippen molar-refractivity contribution in [2.24, 2.45) is 5.92 Å². The van der Waals surface area contributed by atoms with Crippen molar-refractivity contribution in [3.63, 3.8) is 0 Å². The maximum absolute atomic E-state index is 12.1. The lowest BCUT2D eigenvalue weighted by molar-refractivity contribution is 0.0600. The number of sulfonamides is 1. The molecule has 6 heteroatoms. The van der Waals surface area contributed by atoms with Crippen molar-refractivity contribution in [3.8, 4) is 0 Å². The minimum atomic E-state index is -3.53. The summed E-state index contributed by atoms with van der Waals surface area (Å²) in [5.41, 5.74) is 0.325. The second-order valence-corrected chi connectivity index (χ2v) is 6.32. The van der Waals surface area contributed by atoms with Gasteiger partial charge in [-0.2, -0.15) is 0 Å². The van der Waals surface area contributed by atoms with Crippen LogP contribution in [0.5, 0.6) is 0 Å². The van der Waals surface area contributed by atoms with Crippen molar-refractivity contribution in [1.82, 2.24) is 4.72 Å². The smallest absolute Gasteiger partial charge is 0.337 e. The first-order valence-corrected chi connectivity index (χ1v) is 8.11. The van der Waals surface area contributed by atoms with Crippen LogP contribution in [0.25, 0.3) is 0 Å². The molecular weight excluding hydrogens is 278 g/mol. The average molecular weight is 299 g/mol. The fraction of sp³-hybridized carbons (Fsp3) is 0.500. The molecule has 0 aromatic heterocycles. The zero-order chi connectivity index (χ0) is 15.2. The van der Waals surface area contributed by atoms with Crippen LogP contribution in [-0.2, 0) is 14.8 Å². The van der Waals surface area contributed by atoms with Crippen molar-refractivity contribution < 1.29 is 17.9 Å². The molecule has 0 aliphatic heterocycles. The number of nitrogens with one attached hydrogen (secondary N) is 1. The lowest BCUT2D eigenvalue weighted by atomic mass is 10.0. The zero-order valence-corrected chi connectivity index (χ0v) is 12.9. The number of hydrogen-bond acceptors (Lipinski definition) is 4. The molecule has 1 aromatic carbocycles. The molecule has 0 atom stereocenters. The van der Waals surface area contributed by atoms with Crippen LogP contribution in [-0.4, -0.2) is 28.0 Å². The van der Waals surface area contributed by atoms with E-state index in [-0.39, 0.29) is 4.90 Å². The highest BCUT2D eigenvalue weighted by molar-refractivity contribution is 7.89. The van der Waals surface area contributed by atoms with Gasteiger partial charge >= 0.3 is 5.97 Å².